The van der Waals surface area contributed by atoms with Crippen LogP contribution in [0.2, 0.25) is 0 Å². The minimum Gasteiger partial charge on any atom is -0.757 e. The monoisotopic (exact) mass is 205 g/mol. The van der Waals surface area contributed by atoms with E-state index in [2.05, 4.69) is 0 Å². The van der Waals surface area contributed by atoms with Gasteiger partial charge in [-0.15, -0.1) is 0 Å². The van der Waals surface area contributed by atoms with Gasteiger partial charge in [0.25, 0.3) is 0 Å². The number of para-hydroxylation sites is 1. The second kappa shape index (κ2) is 3.20. The minimum absolute atomic E-state index is 0.171. The van der Waals surface area contributed by atoms with Gasteiger partial charge in [0, 0.05) is 17.8 Å². The van der Waals surface area contributed by atoms with Gasteiger partial charge in [0.15, 0.2) is 0 Å². The molecule has 0 radical (unpaired) electrons. The Morgan fingerprint density at radius 3 is 3.00 bits per heavy atom. The van der Waals surface area contributed by atoms with Crippen LogP contribution in [-0.4, -0.2) is 22.7 Å². The Morgan fingerprint density at radius 1 is 1.33 bits per heavy atom. The second-order valence-electron chi connectivity index (χ2n) is 4.12. The molecule has 1 N–H and O–H groups in total. The average molecular weight is 205 g/mol. The number of hydrogen-bond donors (Lipinski definition) is 1. The van der Waals surface area contributed by atoms with Crippen LogP contribution in [0, 0.1) is 5.21 Å². The molecule has 0 bridgehead atoms. The summed E-state index contributed by atoms with van der Waals surface area (Å²) in [5, 5.41) is 23.2. The first-order chi connectivity index (χ1) is 7.29. The van der Waals surface area contributed by atoms with Crippen LogP contribution in [0.1, 0.15) is 24.6 Å². The van der Waals surface area contributed by atoms with E-state index in [1.54, 1.807) is 6.07 Å². The zero-order valence-corrected chi connectivity index (χ0v) is 8.34. The standard InChI is InChI=1S/C11H13N2O2/c14-11-8-4-1-2-5-9(8)13(15)10-6-3-7-12(10)11/h1-2,4-5,10-11,14H,3,6-7H2/q-1/t10?,11-/m1/s1. The van der Waals surface area contributed by atoms with Crippen LogP contribution in [0.3, 0.4) is 0 Å². The van der Waals surface area contributed by atoms with Gasteiger partial charge < -0.3 is 15.4 Å². The fraction of sp³-hybridized carbons (Fsp3) is 0.455. The van der Waals surface area contributed by atoms with Gasteiger partial charge in [-0.3, -0.25) is 4.90 Å². The van der Waals surface area contributed by atoms with Crippen LogP contribution in [0.5, 0.6) is 0 Å². The third-order valence-electron chi connectivity index (χ3n) is 3.30. The van der Waals surface area contributed by atoms with Crippen molar-refractivity contribution in [3.63, 3.8) is 0 Å². The van der Waals surface area contributed by atoms with Crippen molar-refractivity contribution in [3.05, 3.63) is 35.0 Å². The molecule has 2 aliphatic rings. The van der Waals surface area contributed by atoms with E-state index in [1.165, 1.54) is 0 Å². The lowest BCUT2D eigenvalue weighted by molar-refractivity contribution is -0.0129. The third-order valence-corrected chi connectivity index (χ3v) is 3.30. The summed E-state index contributed by atoms with van der Waals surface area (Å²) >= 11 is 0. The highest BCUT2D eigenvalue weighted by Gasteiger charge is 2.37. The first-order valence-electron chi connectivity index (χ1n) is 5.28. The molecular formula is C11H13N2O2-. The predicted octanol–water partition coefficient (Wildman–Crippen LogP) is 1.42. The topological polar surface area (TPSA) is 49.8 Å². The summed E-state index contributed by atoms with van der Waals surface area (Å²) in [5.74, 6) is 0. The molecule has 4 heteroatoms. The first kappa shape index (κ1) is 9.15. The van der Waals surface area contributed by atoms with Gasteiger partial charge >= 0.3 is 0 Å². The van der Waals surface area contributed by atoms with Gasteiger partial charge in [-0.2, -0.15) is 0 Å². The molecule has 15 heavy (non-hydrogen) atoms. The average Bonchev–Trinajstić information content (AvgIpc) is 2.75. The van der Waals surface area contributed by atoms with E-state index in [9.17, 15) is 10.3 Å². The molecule has 1 fully saturated rings. The molecule has 0 aromatic heterocycles. The highest BCUT2D eigenvalue weighted by molar-refractivity contribution is 5.57. The van der Waals surface area contributed by atoms with Gasteiger partial charge in [-0.1, -0.05) is 18.2 Å². The van der Waals surface area contributed by atoms with E-state index >= 15 is 0 Å². The summed E-state index contributed by atoms with van der Waals surface area (Å²) in [6, 6.07) is 7.29. The number of hydroxylamine groups is 1. The van der Waals surface area contributed by atoms with E-state index in [0.717, 1.165) is 30.0 Å². The molecule has 1 aromatic rings. The summed E-state index contributed by atoms with van der Waals surface area (Å²) < 4.78 is 0. The minimum atomic E-state index is -0.612. The van der Waals surface area contributed by atoms with Crippen molar-refractivity contribution < 1.29 is 5.11 Å². The number of aliphatic hydroxyl groups is 1. The zero-order valence-electron chi connectivity index (χ0n) is 8.34. The van der Waals surface area contributed by atoms with E-state index < -0.39 is 6.23 Å². The predicted molar refractivity (Wildman–Crippen MR) is 57.0 cm³/mol. The number of anilines is 1. The number of nitrogens with zero attached hydrogens (tertiary/aromatic N) is 2. The first-order valence-corrected chi connectivity index (χ1v) is 5.28. The Balaban J connectivity index is 2.10. The van der Waals surface area contributed by atoms with Crippen molar-refractivity contribution in [1.29, 1.82) is 0 Å². The van der Waals surface area contributed by atoms with Gasteiger partial charge in [0.2, 0.25) is 0 Å². The summed E-state index contributed by atoms with van der Waals surface area (Å²) in [5.41, 5.74) is 1.35. The molecule has 2 atom stereocenters. The molecule has 4 nitrogen and oxygen atoms in total. The quantitative estimate of drug-likeness (QED) is 0.695. The lowest BCUT2D eigenvalue weighted by atomic mass is 10.1. The van der Waals surface area contributed by atoms with Crippen molar-refractivity contribution in [2.24, 2.45) is 0 Å². The van der Waals surface area contributed by atoms with Gasteiger partial charge in [0.05, 0.1) is 6.17 Å². The summed E-state index contributed by atoms with van der Waals surface area (Å²) in [6.45, 7) is 0.804. The maximum atomic E-state index is 12.0. The molecule has 0 amide bonds. The highest BCUT2D eigenvalue weighted by atomic mass is 16.5. The van der Waals surface area contributed by atoms with Crippen LogP contribution in [-0.2, 0) is 0 Å². The molecule has 0 saturated carbocycles. The SMILES string of the molecule is [O-]N1c2ccccc2[C@@H](O)N2CCCC12. The van der Waals surface area contributed by atoms with Crippen molar-refractivity contribution in [3.8, 4) is 0 Å². The van der Waals surface area contributed by atoms with E-state index in [4.69, 9.17) is 0 Å². The Labute approximate surface area is 88.3 Å². The molecule has 0 aliphatic carbocycles. The molecule has 0 spiro atoms. The van der Waals surface area contributed by atoms with E-state index in [0.29, 0.717) is 5.69 Å². The molecule has 2 heterocycles. The molecule has 1 unspecified atom stereocenters. The van der Waals surface area contributed by atoms with Crippen LogP contribution >= 0.6 is 0 Å². The Bertz CT molecular complexity index is 348. The number of aliphatic hydroxyl groups excluding tert-OH is 1. The number of benzene rings is 1. The highest BCUT2D eigenvalue weighted by Crippen LogP contribution is 2.40. The zero-order chi connectivity index (χ0) is 10.4. The van der Waals surface area contributed by atoms with Crippen molar-refractivity contribution in [1.82, 2.24) is 4.90 Å². The fourth-order valence-corrected chi connectivity index (χ4v) is 2.55. The van der Waals surface area contributed by atoms with Crippen molar-refractivity contribution in [2.45, 2.75) is 25.2 Å². The molecule has 1 aromatic carbocycles. The fourth-order valence-electron chi connectivity index (χ4n) is 2.55. The normalized spacial score (nSPS) is 30.1. The molecule has 3 rings (SSSR count). The molecule has 80 valence electrons. The Hall–Kier alpha value is -1.10. The maximum absolute atomic E-state index is 12.0. The van der Waals surface area contributed by atoms with Crippen molar-refractivity contribution in [2.75, 3.05) is 11.6 Å². The van der Waals surface area contributed by atoms with Crippen LogP contribution < -0.4 is 5.06 Å². The summed E-state index contributed by atoms with van der Waals surface area (Å²) in [4.78, 5) is 1.87. The smallest absolute Gasteiger partial charge is 0.137 e. The number of rotatable bonds is 0. The van der Waals surface area contributed by atoms with Crippen LogP contribution in [0.4, 0.5) is 5.69 Å². The van der Waals surface area contributed by atoms with Gasteiger partial charge in [-0.25, -0.2) is 0 Å². The van der Waals surface area contributed by atoms with Crippen LogP contribution in [0.15, 0.2) is 24.3 Å². The maximum Gasteiger partial charge on any atom is 0.137 e. The Kier molecular flexibility index (Phi) is 1.95. The number of fused-ring (bicyclic) bond motifs is 2. The number of hydrogen-bond acceptors (Lipinski definition) is 4. The molecule has 1 saturated heterocycles. The lowest BCUT2D eigenvalue weighted by Crippen LogP contribution is -2.47. The summed E-state index contributed by atoms with van der Waals surface area (Å²) in [6.07, 6.45) is 1.04. The second-order valence-corrected chi connectivity index (χ2v) is 4.12. The molecule has 2 aliphatic heterocycles. The Morgan fingerprint density at radius 2 is 2.13 bits per heavy atom. The van der Waals surface area contributed by atoms with Crippen LogP contribution in [0.25, 0.3) is 0 Å². The van der Waals surface area contributed by atoms with Gasteiger partial charge in [-0.05, 0) is 18.9 Å². The van der Waals surface area contributed by atoms with Gasteiger partial charge in [0.1, 0.15) is 6.23 Å². The third kappa shape index (κ3) is 1.19. The summed E-state index contributed by atoms with van der Waals surface area (Å²) in [7, 11) is 0. The van der Waals surface area contributed by atoms with E-state index in [-0.39, 0.29) is 6.17 Å². The van der Waals surface area contributed by atoms with E-state index in [1.807, 2.05) is 23.1 Å². The largest absolute Gasteiger partial charge is 0.757 e. The molecular weight excluding hydrogens is 192 g/mol. The lowest BCUT2D eigenvalue weighted by Gasteiger charge is -2.49. The van der Waals surface area contributed by atoms with Crippen molar-refractivity contribution >= 4 is 5.69 Å².